The summed E-state index contributed by atoms with van der Waals surface area (Å²) in [4.78, 5) is 14.2. The van der Waals surface area contributed by atoms with E-state index in [9.17, 15) is 9.90 Å². The smallest absolute Gasteiger partial charge is 0.415 e. The molecule has 1 aromatic carbocycles. The number of carbonyl (C=O) groups is 1. The summed E-state index contributed by atoms with van der Waals surface area (Å²) < 4.78 is 6.50. The topological polar surface area (TPSA) is 49.8 Å². The van der Waals surface area contributed by atoms with E-state index in [0.29, 0.717) is 0 Å². The zero-order valence-corrected chi connectivity index (χ0v) is 17.9. The molecule has 4 nitrogen and oxygen atoms in total. The molecule has 1 fully saturated rings. The summed E-state index contributed by atoms with van der Waals surface area (Å²) in [5.41, 5.74) is 1.45. The number of halogens is 1. The van der Waals surface area contributed by atoms with E-state index in [-0.39, 0.29) is 18.2 Å². The Balaban J connectivity index is 2.18. The van der Waals surface area contributed by atoms with Gasteiger partial charge < -0.3 is 14.7 Å². The second-order valence-electron chi connectivity index (χ2n) is 7.85. The van der Waals surface area contributed by atoms with Crippen LogP contribution in [0.3, 0.4) is 0 Å². The van der Waals surface area contributed by atoms with Gasteiger partial charge in [-0.15, -0.1) is 0 Å². The van der Waals surface area contributed by atoms with Crippen LogP contribution in [0, 0.1) is 5.41 Å². The number of amides is 1. The Kier molecular flexibility index (Phi) is 6.92. The largest absolute Gasteiger partial charge is 0.418 e. The van der Waals surface area contributed by atoms with Gasteiger partial charge in [-0.3, -0.25) is 0 Å². The molecule has 0 aromatic heterocycles. The van der Waals surface area contributed by atoms with Crippen molar-refractivity contribution in [3.8, 4) is 0 Å². The normalized spacial score (nSPS) is 22.9. The fourth-order valence-corrected chi connectivity index (χ4v) is 4.08. The van der Waals surface area contributed by atoms with Gasteiger partial charge in [0.05, 0.1) is 12.4 Å². The van der Waals surface area contributed by atoms with Crippen molar-refractivity contribution in [2.75, 3.05) is 0 Å². The van der Waals surface area contributed by atoms with Crippen molar-refractivity contribution in [2.24, 2.45) is 5.41 Å². The lowest BCUT2D eigenvalue weighted by Gasteiger charge is -2.33. The highest BCUT2D eigenvalue weighted by Crippen LogP contribution is 2.51. The summed E-state index contributed by atoms with van der Waals surface area (Å²) in [5, 5.41) is 11.0. The van der Waals surface area contributed by atoms with Gasteiger partial charge in [0.25, 0.3) is 0 Å². The Labute approximate surface area is 165 Å². The van der Waals surface area contributed by atoms with Crippen molar-refractivity contribution < 1.29 is 14.6 Å². The lowest BCUT2D eigenvalue weighted by Crippen LogP contribution is -2.41. The molecule has 1 N–H and O–H groups in total. The first-order valence-corrected chi connectivity index (χ1v) is 10.1. The molecule has 0 aliphatic heterocycles. The van der Waals surface area contributed by atoms with Crippen molar-refractivity contribution in [1.29, 1.82) is 0 Å². The lowest BCUT2D eigenvalue weighted by molar-refractivity contribution is 0.0623. The van der Waals surface area contributed by atoms with Crippen molar-refractivity contribution in [2.45, 2.75) is 72.1 Å². The minimum absolute atomic E-state index is 0.0733. The Morgan fingerprint density at radius 2 is 1.81 bits per heavy atom. The maximum atomic E-state index is 12.5. The van der Waals surface area contributed by atoms with E-state index in [1.165, 1.54) is 0 Å². The molecule has 1 amide bonds. The SMILES string of the molecule is CC(C)N(C(=O)O/C=C1/CCC[C@]1(C)[C@@H](O)c1ccc(Br)cc1)C(C)C. The lowest BCUT2D eigenvalue weighted by atomic mass is 9.76. The third kappa shape index (κ3) is 4.49. The van der Waals surface area contributed by atoms with Gasteiger partial charge in [0.1, 0.15) is 0 Å². The molecular weight excluding hydrogens is 394 g/mol. The molecule has 5 heteroatoms. The summed E-state index contributed by atoms with van der Waals surface area (Å²) in [6, 6.07) is 7.88. The van der Waals surface area contributed by atoms with Crippen molar-refractivity contribution in [3.05, 3.63) is 46.1 Å². The quantitative estimate of drug-likeness (QED) is 0.607. The van der Waals surface area contributed by atoms with E-state index in [2.05, 4.69) is 22.9 Å². The van der Waals surface area contributed by atoms with Crippen LogP contribution >= 0.6 is 15.9 Å². The minimum atomic E-state index is -0.630. The number of aliphatic hydroxyl groups excluding tert-OH is 1. The molecule has 1 saturated carbocycles. The number of hydrogen-bond acceptors (Lipinski definition) is 3. The van der Waals surface area contributed by atoms with Crippen LogP contribution < -0.4 is 0 Å². The molecule has 0 saturated heterocycles. The third-order valence-corrected chi connectivity index (χ3v) is 5.82. The molecule has 0 spiro atoms. The van der Waals surface area contributed by atoms with Crippen LogP contribution in [0.2, 0.25) is 0 Å². The molecule has 0 heterocycles. The number of carbonyl (C=O) groups excluding carboxylic acids is 1. The first-order valence-electron chi connectivity index (χ1n) is 9.29. The maximum absolute atomic E-state index is 12.5. The second-order valence-corrected chi connectivity index (χ2v) is 8.76. The zero-order valence-electron chi connectivity index (χ0n) is 16.3. The zero-order chi connectivity index (χ0) is 19.5. The highest BCUT2D eigenvalue weighted by atomic mass is 79.9. The Morgan fingerprint density at radius 1 is 1.23 bits per heavy atom. The van der Waals surface area contributed by atoms with E-state index < -0.39 is 11.5 Å². The summed E-state index contributed by atoms with van der Waals surface area (Å²) in [6.07, 6.45) is 3.29. The highest BCUT2D eigenvalue weighted by molar-refractivity contribution is 9.10. The van der Waals surface area contributed by atoms with Crippen LogP contribution in [0.25, 0.3) is 0 Å². The van der Waals surface area contributed by atoms with E-state index in [4.69, 9.17) is 4.74 Å². The molecule has 2 rings (SSSR count). The molecule has 1 aromatic rings. The van der Waals surface area contributed by atoms with Crippen LogP contribution in [-0.4, -0.2) is 28.2 Å². The van der Waals surface area contributed by atoms with Gasteiger partial charge in [0, 0.05) is 22.0 Å². The van der Waals surface area contributed by atoms with E-state index in [1.54, 1.807) is 11.2 Å². The summed E-state index contributed by atoms with van der Waals surface area (Å²) in [6.45, 7) is 9.96. The third-order valence-electron chi connectivity index (χ3n) is 5.29. The Hall–Kier alpha value is -1.33. The second kappa shape index (κ2) is 8.57. The summed E-state index contributed by atoms with van der Waals surface area (Å²) in [7, 11) is 0. The first kappa shape index (κ1) is 21.0. The molecule has 2 atom stereocenters. The summed E-state index contributed by atoms with van der Waals surface area (Å²) >= 11 is 3.43. The van der Waals surface area contributed by atoms with Gasteiger partial charge in [-0.05, 0) is 70.2 Å². The average Bonchev–Trinajstić information content (AvgIpc) is 2.94. The number of benzene rings is 1. The monoisotopic (exact) mass is 423 g/mol. The van der Waals surface area contributed by atoms with E-state index in [1.807, 2.05) is 52.0 Å². The Morgan fingerprint density at radius 3 is 2.35 bits per heavy atom. The predicted molar refractivity (Wildman–Crippen MR) is 108 cm³/mol. The van der Waals surface area contributed by atoms with E-state index >= 15 is 0 Å². The highest BCUT2D eigenvalue weighted by Gasteiger charge is 2.41. The maximum Gasteiger partial charge on any atom is 0.415 e. The van der Waals surface area contributed by atoms with Crippen LogP contribution in [0.5, 0.6) is 0 Å². The Bertz CT molecular complexity index is 646. The molecule has 1 aliphatic carbocycles. The van der Waals surface area contributed by atoms with Gasteiger partial charge in [-0.2, -0.15) is 0 Å². The fourth-order valence-electron chi connectivity index (χ4n) is 3.81. The van der Waals surface area contributed by atoms with Crippen LogP contribution in [0.1, 0.15) is 65.5 Å². The molecule has 0 unspecified atom stereocenters. The predicted octanol–water partition coefficient (Wildman–Crippen LogP) is 5.81. The standard InChI is InChI=1S/C21H30BrNO3/c1-14(2)23(15(3)4)20(25)26-13-17-7-6-12-21(17,5)19(24)16-8-10-18(22)11-9-16/h8-11,13-15,19,24H,6-7,12H2,1-5H3/b17-13-/t19-,21-/m0/s1. The molecule has 144 valence electrons. The summed E-state index contributed by atoms with van der Waals surface area (Å²) in [5.74, 6) is 0. The fraction of sp³-hybridized carbons (Fsp3) is 0.571. The molecule has 1 aliphatic rings. The molecule has 0 radical (unpaired) electrons. The minimum Gasteiger partial charge on any atom is -0.418 e. The molecular formula is C21H30BrNO3. The number of rotatable bonds is 5. The molecule has 0 bridgehead atoms. The van der Waals surface area contributed by atoms with Gasteiger partial charge in [-0.25, -0.2) is 4.79 Å². The van der Waals surface area contributed by atoms with Crippen molar-refractivity contribution >= 4 is 22.0 Å². The number of nitrogens with zero attached hydrogens (tertiary/aromatic N) is 1. The van der Waals surface area contributed by atoms with E-state index in [0.717, 1.165) is 34.9 Å². The number of aliphatic hydroxyl groups is 1. The molecule has 26 heavy (non-hydrogen) atoms. The van der Waals surface area contributed by atoms with Crippen molar-refractivity contribution in [3.63, 3.8) is 0 Å². The van der Waals surface area contributed by atoms with Crippen LogP contribution in [0.4, 0.5) is 4.79 Å². The first-order chi connectivity index (χ1) is 12.2. The number of ether oxygens (including phenoxy) is 1. The number of hydrogen-bond donors (Lipinski definition) is 1. The average molecular weight is 424 g/mol. The van der Waals surface area contributed by atoms with Gasteiger partial charge in [-0.1, -0.05) is 35.0 Å². The van der Waals surface area contributed by atoms with Gasteiger partial charge in [0.15, 0.2) is 0 Å². The van der Waals surface area contributed by atoms with Crippen LogP contribution in [0.15, 0.2) is 40.6 Å². The van der Waals surface area contributed by atoms with Crippen LogP contribution in [-0.2, 0) is 4.74 Å². The van der Waals surface area contributed by atoms with Crippen molar-refractivity contribution in [1.82, 2.24) is 4.90 Å². The van der Waals surface area contributed by atoms with Gasteiger partial charge in [0.2, 0.25) is 0 Å². The van der Waals surface area contributed by atoms with Gasteiger partial charge >= 0.3 is 6.09 Å².